The normalized spacial score (nSPS) is 21.9. The third-order valence-corrected chi connectivity index (χ3v) is 6.82. The van der Waals surface area contributed by atoms with Crippen molar-refractivity contribution < 1.29 is 36.2 Å². The molecule has 6 nitrogen and oxygen atoms in total. The molecule has 0 saturated carbocycles. The number of nitrogens with zero attached hydrogens (tertiary/aromatic N) is 1. The Morgan fingerprint density at radius 2 is 1.75 bits per heavy atom. The van der Waals surface area contributed by atoms with Crippen LogP contribution in [-0.4, -0.2) is 34.2 Å². The molecule has 5 rings (SSSR count). The Hall–Kier alpha value is -3.54. The van der Waals surface area contributed by atoms with Crippen LogP contribution in [-0.2, 0) is 12.4 Å². The standard InChI is InChI=1S/C24H19F6N3O3/c25-23(26,27)14-2-1-3-17-20(14)21(35)13(10-31-17)22(36)32-16-6-4-11(8-15(16)24(28,29)30)33-12-5-7-18(33)19(34)9-12/h1-4,6,8,10,12,18-19,34H,5,7,9H2,(H,31,35)(H,32,36)/t12?,18-,19+/m1/s1. The van der Waals surface area contributed by atoms with Crippen LogP contribution in [0.5, 0.6) is 0 Å². The van der Waals surface area contributed by atoms with E-state index in [9.17, 15) is 41.0 Å². The number of rotatable bonds is 3. The lowest BCUT2D eigenvalue weighted by molar-refractivity contribution is -0.137. The van der Waals surface area contributed by atoms with Gasteiger partial charge in [0.2, 0.25) is 5.43 Å². The Kier molecular flexibility index (Phi) is 5.54. The molecule has 1 aromatic heterocycles. The van der Waals surface area contributed by atoms with Crippen molar-refractivity contribution in [3.63, 3.8) is 0 Å². The summed E-state index contributed by atoms with van der Waals surface area (Å²) in [7, 11) is 0. The van der Waals surface area contributed by atoms with Crippen molar-refractivity contribution in [2.45, 2.75) is 49.8 Å². The molecule has 3 heterocycles. The zero-order valence-electron chi connectivity index (χ0n) is 18.4. The van der Waals surface area contributed by atoms with E-state index < -0.39 is 57.6 Å². The van der Waals surface area contributed by atoms with Crippen LogP contribution in [0, 0.1) is 0 Å². The predicted molar refractivity (Wildman–Crippen MR) is 119 cm³/mol. The van der Waals surface area contributed by atoms with Crippen molar-refractivity contribution in [1.82, 2.24) is 4.98 Å². The molecule has 36 heavy (non-hydrogen) atoms. The highest BCUT2D eigenvalue weighted by atomic mass is 19.4. The first-order valence-corrected chi connectivity index (χ1v) is 11.1. The van der Waals surface area contributed by atoms with Crippen molar-refractivity contribution in [3.05, 3.63) is 69.5 Å². The van der Waals surface area contributed by atoms with Gasteiger partial charge in [-0.2, -0.15) is 26.3 Å². The molecule has 0 spiro atoms. The largest absolute Gasteiger partial charge is 0.418 e. The molecule has 0 aliphatic carbocycles. The van der Waals surface area contributed by atoms with Gasteiger partial charge in [-0.05, 0) is 49.6 Å². The Morgan fingerprint density at radius 3 is 2.36 bits per heavy atom. The number of halogens is 6. The molecule has 3 N–H and O–H groups in total. The maximum atomic E-state index is 13.9. The lowest BCUT2D eigenvalue weighted by atomic mass is 9.98. The number of pyridine rings is 1. The first kappa shape index (κ1) is 24.2. The summed E-state index contributed by atoms with van der Waals surface area (Å²) in [4.78, 5) is 29.8. The number of hydrogen-bond donors (Lipinski definition) is 3. The molecule has 2 fully saturated rings. The van der Waals surface area contributed by atoms with Crippen LogP contribution in [0.25, 0.3) is 10.9 Å². The highest BCUT2D eigenvalue weighted by molar-refractivity contribution is 6.06. The second-order valence-corrected chi connectivity index (χ2v) is 8.95. The number of nitrogens with one attached hydrogen (secondary N) is 2. The van der Waals surface area contributed by atoms with E-state index in [4.69, 9.17) is 0 Å². The number of carbonyl (C=O) groups is 1. The number of aliphatic hydroxyl groups excluding tert-OH is 1. The number of benzene rings is 2. The topological polar surface area (TPSA) is 85.4 Å². The second-order valence-electron chi connectivity index (χ2n) is 8.95. The van der Waals surface area contributed by atoms with Gasteiger partial charge in [-0.1, -0.05) is 6.07 Å². The molecule has 3 aromatic rings. The molecule has 2 bridgehead atoms. The van der Waals surface area contributed by atoms with Crippen LogP contribution in [0.3, 0.4) is 0 Å². The zero-order valence-corrected chi connectivity index (χ0v) is 18.4. The lowest BCUT2D eigenvalue weighted by Crippen LogP contribution is -2.32. The highest BCUT2D eigenvalue weighted by Crippen LogP contribution is 2.44. The molecule has 190 valence electrons. The molecule has 2 saturated heterocycles. The molecule has 2 aliphatic rings. The number of aromatic nitrogens is 1. The maximum Gasteiger partial charge on any atom is 0.418 e. The van der Waals surface area contributed by atoms with E-state index in [2.05, 4.69) is 4.98 Å². The summed E-state index contributed by atoms with van der Waals surface area (Å²) in [5.41, 5.74) is -5.05. The number of aliphatic hydroxyl groups is 1. The minimum atomic E-state index is -4.89. The molecule has 12 heteroatoms. The van der Waals surface area contributed by atoms with Gasteiger partial charge < -0.3 is 20.3 Å². The lowest BCUT2D eigenvalue weighted by Gasteiger charge is -2.26. The van der Waals surface area contributed by atoms with Crippen molar-refractivity contribution in [1.29, 1.82) is 0 Å². The van der Waals surface area contributed by atoms with E-state index >= 15 is 0 Å². The van der Waals surface area contributed by atoms with Gasteiger partial charge in [-0.25, -0.2) is 0 Å². The number of aromatic amines is 1. The quantitative estimate of drug-likeness (QED) is 0.436. The van der Waals surface area contributed by atoms with Gasteiger partial charge in [0.25, 0.3) is 5.91 Å². The molecule has 1 amide bonds. The van der Waals surface area contributed by atoms with Crippen LogP contribution < -0.4 is 15.6 Å². The Bertz CT molecular complexity index is 1410. The summed E-state index contributed by atoms with van der Waals surface area (Å²) in [5.74, 6) is -1.29. The number of amides is 1. The number of hydrogen-bond acceptors (Lipinski definition) is 4. The smallest absolute Gasteiger partial charge is 0.391 e. The Labute approximate surface area is 199 Å². The minimum Gasteiger partial charge on any atom is -0.391 e. The number of alkyl halides is 6. The van der Waals surface area contributed by atoms with Gasteiger partial charge in [0.1, 0.15) is 5.56 Å². The third-order valence-electron chi connectivity index (χ3n) is 6.82. The van der Waals surface area contributed by atoms with Crippen molar-refractivity contribution in [2.75, 3.05) is 10.2 Å². The first-order chi connectivity index (χ1) is 16.9. The number of H-pyrrole nitrogens is 1. The number of carbonyl (C=O) groups excluding carboxylic acids is 1. The highest BCUT2D eigenvalue weighted by Gasteiger charge is 2.46. The second kappa shape index (κ2) is 8.26. The van der Waals surface area contributed by atoms with E-state index in [0.717, 1.165) is 30.8 Å². The number of anilines is 2. The van der Waals surface area contributed by atoms with Crippen LogP contribution in [0.1, 0.15) is 40.7 Å². The molecule has 1 unspecified atom stereocenters. The Balaban J connectivity index is 1.52. The summed E-state index contributed by atoms with van der Waals surface area (Å²) >= 11 is 0. The summed E-state index contributed by atoms with van der Waals surface area (Å²) < 4.78 is 82.0. The van der Waals surface area contributed by atoms with Gasteiger partial charge in [-0.3, -0.25) is 9.59 Å². The minimum absolute atomic E-state index is 0.0921. The average Bonchev–Trinajstić information content (AvgIpc) is 3.34. The fourth-order valence-corrected chi connectivity index (χ4v) is 5.26. The van der Waals surface area contributed by atoms with Gasteiger partial charge in [0.15, 0.2) is 0 Å². The SMILES string of the molecule is O=C(Nc1ccc(N2C3CC[C@@H]2[C@@H](O)C3)cc1C(F)(F)F)c1c[nH]c2cccc(C(F)(F)F)c2c1=O. The van der Waals surface area contributed by atoms with Crippen LogP contribution >= 0.6 is 0 Å². The van der Waals surface area contributed by atoms with Crippen molar-refractivity contribution in [2.24, 2.45) is 0 Å². The van der Waals surface area contributed by atoms with E-state index in [1.165, 1.54) is 12.1 Å². The van der Waals surface area contributed by atoms with Crippen molar-refractivity contribution in [3.8, 4) is 0 Å². The van der Waals surface area contributed by atoms with E-state index in [1.54, 1.807) is 4.90 Å². The molecule has 2 aliphatic heterocycles. The zero-order chi connectivity index (χ0) is 26.0. The predicted octanol–water partition coefficient (Wildman–Crippen LogP) is 4.92. The Morgan fingerprint density at radius 1 is 1.03 bits per heavy atom. The van der Waals surface area contributed by atoms with Crippen molar-refractivity contribution >= 4 is 28.2 Å². The molecule has 0 radical (unpaired) electrons. The van der Waals surface area contributed by atoms with E-state index in [0.29, 0.717) is 18.9 Å². The summed E-state index contributed by atoms with van der Waals surface area (Å²) in [6.07, 6.45) is -7.69. The maximum absolute atomic E-state index is 13.9. The molecule has 2 aromatic carbocycles. The first-order valence-electron chi connectivity index (χ1n) is 11.1. The van der Waals surface area contributed by atoms with Gasteiger partial charge in [0, 0.05) is 23.4 Å². The summed E-state index contributed by atoms with van der Waals surface area (Å²) in [6.45, 7) is 0. The van der Waals surface area contributed by atoms with Gasteiger partial charge in [-0.15, -0.1) is 0 Å². The number of fused-ring (bicyclic) bond motifs is 3. The average molecular weight is 511 g/mol. The van der Waals surface area contributed by atoms with Gasteiger partial charge in [0.05, 0.1) is 34.3 Å². The molecular formula is C24H19F6N3O3. The summed E-state index contributed by atoms with van der Waals surface area (Å²) in [6, 6.07) is 5.88. The summed E-state index contributed by atoms with van der Waals surface area (Å²) in [5, 5.41) is 11.4. The van der Waals surface area contributed by atoms with Crippen LogP contribution in [0.4, 0.5) is 37.7 Å². The van der Waals surface area contributed by atoms with Crippen LogP contribution in [0.15, 0.2) is 47.4 Å². The monoisotopic (exact) mass is 511 g/mol. The van der Waals surface area contributed by atoms with E-state index in [-0.39, 0.29) is 23.3 Å². The van der Waals surface area contributed by atoms with Crippen LogP contribution in [0.2, 0.25) is 0 Å². The molecule has 3 atom stereocenters. The fraction of sp³-hybridized carbons (Fsp3) is 0.333. The van der Waals surface area contributed by atoms with Gasteiger partial charge >= 0.3 is 12.4 Å². The fourth-order valence-electron chi connectivity index (χ4n) is 5.26. The molecular weight excluding hydrogens is 492 g/mol. The third kappa shape index (κ3) is 3.98. The van der Waals surface area contributed by atoms with E-state index in [1.807, 2.05) is 5.32 Å².